The van der Waals surface area contributed by atoms with Crippen LogP contribution in [0.15, 0.2) is 35.5 Å². The first kappa shape index (κ1) is 16.1. The Morgan fingerprint density at radius 3 is 2.78 bits per heavy atom. The molecule has 138 valence electrons. The second kappa shape index (κ2) is 5.98. The maximum absolute atomic E-state index is 13.6. The molecule has 9 heteroatoms. The quantitative estimate of drug-likeness (QED) is 0.564. The van der Waals surface area contributed by atoms with Gasteiger partial charge in [-0.3, -0.25) is 8.97 Å². The fraction of sp³-hybridized carbons (Fsp3) is 0.333. The summed E-state index contributed by atoms with van der Waals surface area (Å²) in [5.41, 5.74) is 1.96. The number of nitrogens with zero attached hydrogens (tertiary/aromatic N) is 5. The van der Waals surface area contributed by atoms with Crippen LogP contribution in [0.25, 0.3) is 28.3 Å². The summed E-state index contributed by atoms with van der Waals surface area (Å²) in [6.45, 7) is 0. The molecule has 5 rings (SSSR count). The van der Waals surface area contributed by atoms with E-state index in [0.717, 1.165) is 0 Å². The summed E-state index contributed by atoms with van der Waals surface area (Å²) in [5.74, 6) is -0.0219. The predicted octanol–water partition coefficient (Wildman–Crippen LogP) is 2.05. The molecule has 0 spiro atoms. The van der Waals surface area contributed by atoms with E-state index < -0.39 is 0 Å². The van der Waals surface area contributed by atoms with Gasteiger partial charge in [-0.15, -0.1) is 0 Å². The van der Waals surface area contributed by atoms with Gasteiger partial charge in [-0.2, -0.15) is 0 Å². The number of aromatic nitrogens is 6. The van der Waals surface area contributed by atoms with Crippen LogP contribution in [0.1, 0.15) is 31.7 Å². The topological polar surface area (TPSA) is 101 Å². The van der Waals surface area contributed by atoms with E-state index >= 15 is 0 Å². The molecule has 1 fully saturated rings. The Morgan fingerprint density at radius 2 is 1.96 bits per heavy atom. The summed E-state index contributed by atoms with van der Waals surface area (Å²) in [5, 5.41) is 9.74. The van der Waals surface area contributed by atoms with Crippen molar-refractivity contribution in [3.8, 4) is 11.5 Å². The Morgan fingerprint density at radius 1 is 1.15 bits per heavy atom. The molecule has 4 heterocycles. The molecular formula is C18H17FN6O2. The van der Waals surface area contributed by atoms with E-state index in [-0.39, 0.29) is 23.7 Å². The molecule has 0 saturated heterocycles. The van der Waals surface area contributed by atoms with Gasteiger partial charge < -0.3 is 10.1 Å². The predicted molar refractivity (Wildman–Crippen MR) is 95.8 cm³/mol. The summed E-state index contributed by atoms with van der Waals surface area (Å²) >= 11 is 0. The van der Waals surface area contributed by atoms with Crippen LogP contribution < -0.4 is 5.69 Å². The molecule has 27 heavy (non-hydrogen) atoms. The zero-order valence-electron chi connectivity index (χ0n) is 14.3. The van der Waals surface area contributed by atoms with Gasteiger partial charge in [0, 0.05) is 12.2 Å². The normalized spacial score (nSPS) is 20.5. The number of aliphatic hydroxyl groups excluding tert-OH is 1. The van der Waals surface area contributed by atoms with Gasteiger partial charge in [0.05, 0.1) is 18.5 Å². The van der Waals surface area contributed by atoms with Gasteiger partial charge in [-0.25, -0.2) is 24.1 Å². The third-order valence-corrected chi connectivity index (χ3v) is 5.19. The van der Waals surface area contributed by atoms with Crippen molar-refractivity contribution >= 4 is 16.8 Å². The van der Waals surface area contributed by atoms with E-state index in [9.17, 15) is 14.3 Å². The first-order valence-electron chi connectivity index (χ1n) is 8.88. The van der Waals surface area contributed by atoms with Crippen molar-refractivity contribution in [3.05, 3.63) is 47.0 Å². The van der Waals surface area contributed by atoms with Crippen LogP contribution in [-0.4, -0.2) is 40.1 Å². The fourth-order valence-corrected chi connectivity index (χ4v) is 3.81. The maximum Gasteiger partial charge on any atom is 0.327 e. The first-order valence-corrected chi connectivity index (χ1v) is 8.88. The molecule has 0 amide bonds. The lowest BCUT2D eigenvalue weighted by Gasteiger charge is -2.25. The van der Waals surface area contributed by atoms with Crippen LogP contribution in [0.5, 0.6) is 0 Å². The number of nitrogens with one attached hydrogen (secondary N) is 1. The number of rotatable bonds is 2. The lowest BCUT2D eigenvalue weighted by Crippen LogP contribution is -2.27. The monoisotopic (exact) mass is 368 g/mol. The van der Waals surface area contributed by atoms with E-state index in [1.807, 2.05) is 0 Å². The van der Waals surface area contributed by atoms with Crippen LogP contribution in [0, 0.1) is 5.82 Å². The van der Waals surface area contributed by atoms with Gasteiger partial charge >= 0.3 is 5.69 Å². The molecular weight excluding hydrogens is 351 g/mol. The molecule has 8 nitrogen and oxygen atoms in total. The van der Waals surface area contributed by atoms with Crippen molar-refractivity contribution in [2.45, 2.75) is 37.8 Å². The number of imidazole rings is 2. The molecule has 4 aromatic heterocycles. The SMILES string of the molecule is O=c1[nH]c2cnc(-c3cnc4ccc(F)cn34)nc2n1[C@H]1CC[C@H](O)CC1. The number of pyridine rings is 1. The number of hydrogen-bond donors (Lipinski definition) is 2. The molecule has 1 saturated carbocycles. The summed E-state index contributed by atoms with van der Waals surface area (Å²) in [6.07, 6.45) is 6.93. The minimum Gasteiger partial charge on any atom is -0.393 e. The van der Waals surface area contributed by atoms with Crippen LogP contribution in [-0.2, 0) is 0 Å². The minimum atomic E-state index is -0.387. The third kappa shape index (κ3) is 2.62. The summed E-state index contributed by atoms with van der Waals surface area (Å²) < 4.78 is 16.9. The standard InChI is InChI=1S/C18H17FN6O2/c19-10-1-6-15-20-8-14(24(15)9-10)16-21-7-13-17(23-16)25(18(27)22-13)11-2-4-12(26)5-3-11/h1,6-9,11-12,26H,2-5H2,(H,22,27)/t11-,12-. The van der Waals surface area contributed by atoms with Crippen molar-refractivity contribution in [2.24, 2.45) is 0 Å². The average molecular weight is 368 g/mol. The van der Waals surface area contributed by atoms with Crippen LogP contribution in [0.4, 0.5) is 4.39 Å². The van der Waals surface area contributed by atoms with Gasteiger partial charge in [-0.1, -0.05) is 0 Å². The van der Waals surface area contributed by atoms with E-state index in [2.05, 4.69) is 19.9 Å². The number of hydrogen-bond acceptors (Lipinski definition) is 5. The van der Waals surface area contributed by atoms with E-state index in [1.165, 1.54) is 12.3 Å². The fourth-order valence-electron chi connectivity index (χ4n) is 3.81. The second-order valence-electron chi connectivity index (χ2n) is 6.91. The van der Waals surface area contributed by atoms with Crippen LogP contribution >= 0.6 is 0 Å². The molecule has 0 atom stereocenters. The molecule has 0 radical (unpaired) electrons. The van der Waals surface area contributed by atoms with Gasteiger partial charge in [0.1, 0.15) is 22.7 Å². The van der Waals surface area contributed by atoms with Gasteiger partial charge in [0.25, 0.3) is 0 Å². The van der Waals surface area contributed by atoms with Crippen molar-refractivity contribution in [2.75, 3.05) is 0 Å². The molecule has 1 aliphatic carbocycles. The zero-order chi connectivity index (χ0) is 18.5. The Labute approximate surface area is 152 Å². The van der Waals surface area contributed by atoms with Gasteiger partial charge in [0.2, 0.25) is 0 Å². The second-order valence-corrected chi connectivity index (χ2v) is 6.91. The highest BCUT2D eigenvalue weighted by molar-refractivity contribution is 5.72. The Balaban J connectivity index is 1.65. The lowest BCUT2D eigenvalue weighted by atomic mass is 9.93. The van der Waals surface area contributed by atoms with Crippen molar-refractivity contribution < 1.29 is 9.50 Å². The van der Waals surface area contributed by atoms with Crippen molar-refractivity contribution in [1.82, 2.24) is 28.9 Å². The Kier molecular flexibility index (Phi) is 3.57. The molecule has 0 unspecified atom stereocenters. The van der Waals surface area contributed by atoms with E-state index in [0.29, 0.717) is 54.0 Å². The Bertz CT molecular complexity index is 1200. The largest absolute Gasteiger partial charge is 0.393 e. The highest BCUT2D eigenvalue weighted by Crippen LogP contribution is 2.29. The number of aromatic amines is 1. The third-order valence-electron chi connectivity index (χ3n) is 5.19. The molecule has 2 N–H and O–H groups in total. The highest BCUT2D eigenvalue weighted by Gasteiger charge is 2.25. The average Bonchev–Trinajstić information content (AvgIpc) is 3.22. The molecule has 1 aliphatic rings. The van der Waals surface area contributed by atoms with Crippen molar-refractivity contribution in [1.29, 1.82) is 0 Å². The minimum absolute atomic E-state index is 0.0166. The first-order chi connectivity index (χ1) is 13.1. The zero-order valence-corrected chi connectivity index (χ0v) is 14.3. The Hall–Kier alpha value is -3.07. The lowest BCUT2D eigenvalue weighted by molar-refractivity contribution is 0.111. The summed E-state index contributed by atoms with van der Waals surface area (Å²) in [6, 6.07) is 2.91. The number of H-pyrrole nitrogens is 1. The number of aliphatic hydroxyl groups is 1. The summed E-state index contributed by atoms with van der Waals surface area (Å²) in [7, 11) is 0. The smallest absolute Gasteiger partial charge is 0.327 e. The molecule has 0 aromatic carbocycles. The van der Waals surface area contributed by atoms with Crippen molar-refractivity contribution in [3.63, 3.8) is 0 Å². The van der Waals surface area contributed by atoms with E-state index in [1.54, 1.807) is 27.4 Å². The highest BCUT2D eigenvalue weighted by atomic mass is 19.1. The number of fused-ring (bicyclic) bond motifs is 2. The maximum atomic E-state index is 13.6. The molecule has 0 aliphatic heterocycles. The number of halogens is 1. The van der Waals surface area contributed by atoms with Gasteiger partial charge in [0.15, 0.2) is 11.5 Å². The van der Waals surface area contributed by atoms with Gasteiger partial charge in [-0.05, 0) is 37.8 Å². The van der Waals surface area contributed by atoms with Crippen LogP contribution in [0.3, 0.4) is 0 Å². The van der Waals surface area contributed by atoms with Crippen LogP contribution in [0.2, 0.25) is 0 Å². The molecule has 0 bridgehead atoms. The summed E-state index contributed by atoms with van der Waals surface area (Å²) in [4.78, 5) is 28.4. The van der Waals surface area contributed by atoms with E-state index in [4.69, 9.17) is 0 Å². The molecule has 4 aromatic rings.